The smallest absolute Gasteiger partial charge is 0.256 e. The first-order valence-corrected chi connectivity index (χ1v) is 10.4. The third-order valence-corrected chi connectivity index (χ3v) is 5.77. The minimum Gasteiger partial charge on any atom is -0.489 e. The number of nitrogens with zero attached hydrogens (tertiary/aromatic N) is 4. The van der Waals surface area contributed by atoms with Crippen LogP contribution in [0.3, 0.4) is 0 Å². The van der Waals surface area contributed by atoms with Crippen LogP contribution in [0.25, 0.3) is 0 Å². The number of aromatic nitrogens is 2. The molecule has 2 aliphatic heterocycles. The zero-order valence-corrected chi connectivity index (χ0v) is 17.7. The minimum atomic E-state index is -0.375. The van der Waals surface area contributed by atoms with E-state index in [1.165, 1.54) is 0 Å². The van der Waals surface area contributed by atoms with Crippen LogP contribution >= 0.6 is 0 Å². The van der Waals surface area contributed by atoms with Gasteiger partial charge in [-0.3, -0.25) is 4.79 Å². The molecule has 2 aromatic heterocycles. The molecule has 8 nitrogen and oxygen atoms in total. The van der Waals surface area contributed by atoms with Crippen molar-refractivity contribution in [1.82, 2.24) is 14.9 Å². The normalized spacial score (nSPS) is 19.2. The van der Waals surface area contributed by atoms with E-state index in [-0.39, 0.29) is 24.7 Å². The summed E-state index contributed by atoms with van der Waals surface area (Å²) in [5, 5.41) is 9.72. The van der Waals surface area contributed by atoms with Crippen LogP contribution < -0.4 is 14.4 Å². The monoisotopic (exact) mass is 412 g/mol. The first kappa shape index (κ1) is 20.4. The second-order valence-electron chi connectivity index (χ2n) is 7.75. The number of pyridine rings is 2. The molecule has 30 heavy (non-hydrogen) atoms. The Kier molecular flexibility index (Phi) is 5.76. The van der Waals surface area contributed by atoms with Gasteiger partial charge >= 0.3 is 0 Å². The molecule has 2 aromatic rings. The minimum absolute atomic E-state index is 0.0812. The van der Waals surface area contributed by atoms with Gasteiger partial charge in [0.15, 0.2) is 0 Å². The lowest BCUT2D eigenvalue weighted by atomic mass is 10.1. The molecule has 4 heterocycles. The van der Waals surface area contributed by atoms with E-state index in [0.29, 0.717) is 23.7 Å². The van der Waals surface area contributed by atoms with Gasteiger partial charge in [0.25, 0.3) is 5.91 Å². The quantitative estimate of drug-likeness (QED) is 0.779. The van der Waals surface area contributed by atoms with Crippen molar-refractivity contribution in [3.05, 3.63) is 41.2 Å². The van der Waals surface area contributed by atoms with Crippen molar-refractivity contribution in [2.45, 2.75) is 38.8 Å². The van der Waals surface area contributed by atoms with E-state index in [2.05, 4.69) is 9.88 Å². The maximum Gasteiger partial charge on any atom is 0.256 e. The molecule has 0 spiro atoms. The van der Waals surface area contributed by atoms with E-state index in [4.69, 9.17) is 14.5 Å². The summed E-state index contributed by atoms with van der Waals surface area (Å²) in [7, 11) is 1.71. The molecule has 1 N–H and O–H groups in total. The predicted molar refractivity (Wildman–Crippen MR) is 112 cm³/mol. The van der Waals surface area contributed by atoms with Crippen molar-refractivity contribution in [2.24, 2.45) is 0 Å². The fourth-order valence-corrected chi connectivity index (χ4v) is 4.13. The van der Waals surface area contributed by atoms with E-state index < -0.39 is 0 Å². The number of rotatable bonds is 6. The number of aliphatic hydroxyl groups is 1. The zero-order chi connectivity index (χ0) is 21.3. The largest absolute Gasteiger partial charge is 0.489 e. The molecule has 4 rings (SSSR count). The fourth-order valence-electron chi connectivity index (χ4n) is 4.13. The molecule has 2 aliphatic rings. The molecule has 160 valence electrons. The van der Waals surface area contributed by atoms with Crippen LogP contribution in [0, 0.1) is 6.92 Å². The van der Waals surface area contributed by atoms with Gasteiger partial charge in [-0.1, -0.05) is 0 Å². The Balaban J connectivity index is 1.42. The first-order chi connectivity index (χ1) is 14.5. The number of carbonyl (C=O) groups excluding carboxylic acids is 1. The van der Waals surface area contributed by atoms with Gasteiger partial charge < -0.3 is 24.4 Å². The molecule has 8 heteroatoms. The highest BCUT2D eigenvalue weighted by atomic mass is 16.5. The second kappa shape index (κ2) is 8.47. The van der Waals surface area contributed by atoms with Crippen LogP contribution in [0.5, 0.6) is 11.6 Å². The average Bonchev–Trinajstić information content (AvgIpc) is 2.99. The summed E-state index contributed by atoms with van der Waals surface area (Å²) in [6, 6.07) is 5.24. The summed E-state index contributed by atoms with van der Waals surface area (Å²) in [4.78, 5) is 25.3. The Bertz CT molecular complexity index is 910. The lowest BCUT2D eigenvalue weighted by Gasteiger charge is -2.34. The van der Waals surface area contributed by atoms with Gasteiger partial charge in [-0.2, -0.15) is 0 Å². The summed E-state index contributed by atoms with van der Waals surface area (Å²) in [5.74, 6) is 2.15. The molecular formula is C22H28N4O4. The van der Waals surface area contributed by atoms with Gasteiger partial charge in [0, 0.05) is 39.0 Å². The number of hydrogen-bond acceptors (Lipinski definition) is 7. The maximum atomic E-state index is 12.4. The zero-order valence-electron chi connectivity index (χ0n) is 17.7. The summed E-state index contributed by atoms with van der Waals surface area (Å²) in [6.07, 6.45) is 3.56. The Morgan fingerprint density at radius 2 is 2.03 bits per heavy atom. The van der Waals surface area contributed by atoms with Gasteiger partial charge in [0.1, 0.15) is 17.7 Å². The van der Waals surface area contributed by atoms with E-state index >= 15 is 0 Å². The summed E-state index contributed by atoms with van der Waals surface area (Å²) in [5.41, 5.74) is 2.24. The van der Waals surface area contributed by atoms with Crippen LogP contribution in [0.2, 0.25) is 0 Å². The standard InChI is InChI=1S/C22H28N4O4/c1-4-29-19-6-5-16(12-23-19)30-15-7-9-26(10-8-15)21-14(2)11-17-20(24-21)18(13-27)25(3)22(17)28/h5-6,11-12,15,18,27H,4,7-10,13H2,1-3H3/t18-/m0/s1. The number of piperidine rings is 1. The second-order valence-corrected chi connectivity index (χ2v) is 7.75. The summed E-state index contributed by atoms with van der Waals surface area (Å²) >= 11 is 0. The maximum absolute atomic E-state index is 12.4. The Hall–Kier alpha value is -2.87. The predicted octanol–water partition coefficient (Wildman–Crippen LogP) is 2.35. The number of aryl methyl sites for hydroxylation is 1. The molecule has 0 bridgehead atoms. The van der Waals surface area contributed by atoms with Crippen molar-refractivity contribution in [3.8, 4) is 11.6 Å². The number of carbonyl (C=O) groups is 1. The molecule has 1 atom stereocenters. The molecule has 0 saturated carbocycles. The molecular weight excluding hydrogens is 384 g/mol. The van der Waals surface area contributed by atoms with Gasteiger partial charge in [-0.25, -0.2) is 9.97 Å². The lowest BCUT2D eigenvalue weighted by Crippen LogP contribution is -2.39. The van der Waals surface area contributed by atoms with Crippen molar-refractivity contribution < 1.29 is 19.4 Å². The summed E-state index contributed by atoms with van der Waals surface area (Å²) < 4.78 is 11.5. The number of likely N-dealkylation sites (N-methyl/N-ethyl adjacent to an activating group) is 1. The van der Waals surface area contributed by atoms with Gasteiger partial charge in [0.2, 0.25) is 5.88 Å². The highest BCUT2D eigenvalue weighted by Crippen LogP contribution is 2.34. The summed E-state index contributed by atoms with van der Waals surface area (Å²) in [6.45, 7) is 6.00. The van der Waals surface area contributed by atoms with Gasteiger partial charge in [-0.15, -0.1) is 0 Å². The molecule has 1 saturated heterocycles. The number of aliphatic hydroxyl groups excluding tert-OH is 1. The van der Waals surface area contributed by atoms with Crippen LogP contribution in [-0.2, 0) is 0 Å². The molecule has 0 aromatic carbocycles. The van der Waals surface area contributed by atoms with E-state index in [1.807, 2.05) is 32.0 Å². The van der Waals surface area contributed by atoms with E-state index in [0.717, 1.165) is 43.1 Å². The van der Waals surface area contributed by atoms with Crippen molar-refractivity contribution in [2.75, 3.05) is 38.3 Å². The van der Waals surface area contributed by atoms with Crippen molar-refractivity contribution >= 4 is 11.7 Å². The van der Waals surface area contributed by atoms with Crippen LogP contribution in [0.15, 0.2) is 24.4 Å². The van der Waals surface area contributed by atoms with E-state index in [9.17, 15) is 9.90 Å². The Labute approximate surface area is 176 Å². The highest BCUT2D eigenvalue weighted by molar-refractivity contribution is 5.99. The van der Waals surface area contributed by atoms with E-state index in [1.54, 1.807) is 18.1 Å². The molecule has 0 aliphatic carbocycles. The molecule has 1 fully saturated rings. The third kappa shape index (κ3) is 3.79. The number of anilines is 1. The Morgan fingerprint density at radius 3 is 2.67 bits per heavy atom. The molecule has 0 radical (unpaired) electrons. The average molecular weight is 412 g/mol. The van der Waals surface area contributed by atoms with Crippen LogP contribution in [-0.4, -0.2) is 65.3 Å². The number of ether oxygens (including phenoxy) is 2. The fraction of sp³-hybridized carbons (Fsp3) is 0.500. The van der Waals surface area contributed by atoms with Crippen molar-refractivity contribution in [3.63, 3.8) is 0 Å². The number of hydrogen-bond donors (Lipinski definition) is 1. The topological polar surface area (TPSA) is 88.0 Å². The first-order valence-electron chi connectivity index (χ1n) is 10.4. The van der Waals surface area contributed by atoms with Crippen molar-refractivity contribution in [1.29, 1.82) is 0 Å². The SMILES string of the molecule is CCOc1ccc(OC2CCN(c3nc4c(cc3C)C(=O)N(C)[C@H]4CO)CC2)cn1. The number of fused-ring (bicyclic) bond motifs is 1. The molecule has 1 amide bonds. The lowest BCUT2D eigenvalue weighted by molar-refractivity contribution is 0.0715. The van der Waals surface area contributed by atoms with Gasteiger partial charge in [0.05, 0.1) is 36.7 Å². The Morgan fingerprint density at radius 1 is 1.27 bits per heavy atom. The third-order valence-electron chi connectivity index (χ3n) is 5.77. The number of amides is 1. The van der Waals surface area contributed by atoms with Crippen LogP contribution in [0.4, 0.5) is 5.82 Å². The molecule has 0 unspecified atom stereocenters. The van der Waals surface area contributed by atoms with Gasteiger partial charge in [-0.05, 0) is 31.5 Å². The van der Waals surface area contributed by atoms with Crippen LogP contribution in [0.1, 0.15) is 47.4 Å². The highest BCUT2D eigenvalue weighted by Gasteiger charge is 2.36.